The number of fused-ring (bicyclic) bond motifs is 3. The number of aromatic nitrogens is 1. The summed E-state index contributed by atoms with van der Waals surface area (Å²) < 4.78 is 11.5. The predicted molar refractivity (Wildman–Crippen MR) is 119 cm³/mol. The van der Waals surface area contributed by atoms with Crippen molar-refractivity contribution in [3.8, 4) is 5.75 Å². The van der Waals surface area contributed by atoms with Crippen LogP contribution < -0.4 is 4.74 Å². The molecule has 1 N–H and O–H groups in total. The fourth-order valence-electron chi connectivity index (χ4n) is 3.95. The van der Waals surface area contributed by atoms with Crippen LogP contribution in [0.15, 0.2) is 58.8 Å². The topological polar surface area (TPSA) is 82.8 Å². The third kappa shape index (κ3) is 4.17. The van der Waals surface area contributed by atoms with Crippen molar-refractivity contribution in [1.29, 1.82) is 0 Å². The number of hydrogen-bond donors (Lipinski definition) is 1. The molecule has 0 bridgehead atoms. The highest BCUT2D eigenvalue weighted by Crippen LogP contribution is 2.37. The Morgan fingerprint density at radius 3 is 2.90 bits per heavy atom. The van der Waals surface area contributed by atoms with Gasteiger partial charge < -0.3 is 19.5 Å². The van der Waals surface area contributed by atoms with E-state index in [-0.39, 0.29) is 5.76 Å². The first-order valence-electron chi connectivity index (χ1n) is 10.6. The second-order valence-corrected chi connectivity index (χ2v) is 7.55. The second-order valence-electron chi connectivity index (χ2n) is 7.55. The molecule has 8 nitrogen and oxygen atoms in total. The molecule has 4 heterocycles. The van der Waals surface area contributed by atoms with Crippen LogP contribution in [-0.2, 0) is 4.74 Å². The van der Waals surface area contributed by atoms with Gasteiger partial charge in [0.2, 0.25) is 0 Å². The van der Waals surface area contributed by atoms with E-state index < -0.39 is 0 Å². The minimum absolute atomic E-state index is 0.118. The van der Waals surface area contributed by atoms with Crippen LogP contribution in [0, 0.1) is 0 Å². The van der Waals surface area contributed by atoms with Gasteiger partial charge in [-0.15, -0.1) is 0 Å². The highest BCUT2D eigenvalue weighted by molar-refractivity contribution is 6.20. The first kappa shape index (κ1) is 19.7. The third-order valence-electron chi connectivity index (χ3n) is 5.58. The average molecular weight is 419 g/mol. The number of hydrogen-bond acceptors (Lipinski definition) is 8. The highest BCUT2D eigenvalue weighted by atomic mass is 16.5. The number of amidine groups is 2. The Labute approximate surface area is 181 Å². The Kier molecular flexibility index (Phi) is 5.64. The largest absolute Gasteiger partial charge is 0.507 e. The summed E-state index contributed by atoms with van der Waals surface area (Å²) in [7, 11) is 0. The molecule has 0 unspecified atom stereocenters. The summed E-state index contributed by atoms with van der Waals surface area (Å²) in [6.45, 7) is 6.26. The minimum Gasteiger partial charge on any atom is -0.507 e. The molecule has 2 aromatic rings. The summed E-state index contributed by atoms with van der Waals surface area (Å²) in [6.07, 6.45) is 4.98. The van der Waals surface area contributed by atoms with E-state index >= 15 is 0 Å². The Morgan fingerprint density at radius 2 is 2.06 bits per heavy atom. The lowest BCUT2D eigenvalue weighted by Gasteiger charge is -2.28. The van der Waals surface area contributed by atoms with Gasteiger partial charge in [0.05, 0.1) is 19.8 Å². The molecule has 1 saturated heterocycles. The molecule has 0 spiro atoms. The average Bonchev–Trinajstić information content (AvgIpc) is 3.31. The first-order valence-corrected chi connectivity index (χ1v) is 10.6. The van der Waals surface area contributed by atoms with Crippen LogP contribution in [0.25, 0.3) is 5.76 Å². The van der Waals surface area contributed by atoms with E-state index in [0.717, 1.165) is 62.2 Å². The van der Waals surface area contributed by atoms with Gasteiger partial charge in [0.1, 0.15) is 35.5 Å². The van der Waals surface area contributed by atoms with Gasteiger partial charge in [-0.05, 0) is 24.3 Å². The molecule has 0 radical (unpaired) electrons. The fraction of sp³-hybridized carbons (Fsp3) is 0.348. The van der Waals surface area contributed by atoms with Crippen LogP contribution in [0.5, 0.6) is 5.75 Å². The zero-order valence-electron chi connectivity index (χ0n) is 17.3. The maximum atomic E-state index is 10.6. The van der Waals surface area contributed by atoms with E-state index in [1.165, 1.54) is 0 Å². The third-order valence-corrected chi connectivity index (χ3v) is 5.58. The number of aliphatic hydroxyl groups excluding tert-OH is 1. The monoisotopic (exact) mass is 419 g/mol. The number of benzene rings is 1. The van der Waals surface area contributed by atoms with Crippen molar-refractivity contribution in [2.45, 2.75) is 0 Å². The number of pyridine rings is 1. The zero-order chi connectivity index (χ0) is 21.0. The van der Waals surface area contributed by atoms with Gasteiger partial charge in [-0.3, -0.25) is 14.9 Å². The van der Waals surface area contributed by atoms with Crippen LogP contribution in [0.1, 0.15) is 11.1 Å². The maximum absolute atomic E-state index is 10.6. The van der Waals surface area contributed by atoms with Crippen molar-refractivity contribution in [1.82, 2.24) is 14.8 Å². The molecule has 1 fully saturated rings. The Bertz CT molecular complexity index is 1030. The Balaban J connectivity index is 1.42. The van der Waals surface area contributed by atoms with Crippen molar-refractivity contribution in [2.24, 2.45) is 9.98 Å². The molecule has 1 aromatic carbocycles. The molecule has 160 valence electrons. The van der Waals surface area contributed by atoms with Gasteiger partial charge in [-0.1, -0.05) is 6.07 Å². The van der Waals surface area contributed by atoms with Gasteiger partial charge in [0.25, 0.3) is 0 Å². The van der Waals surface area contributed by atoms with Gasteiger partial charge in [-0.25, -0.2) is 4.99 Å². The summed E-state index contributed by atoms with van der Waals surface area (Å²) in [5, 5.41) is 10.6. The number of rotatable bonds is 6. The standard InChI is InChI=1S/C23H25N5O3/c29-19(17-3-2-6-24-16-17)15-21-26-22-18(23-25-7-8-28(21)23)4-1-5-20(22)31-14-11-27-9-12-30-13-10-27/h1-6,15-16,29H,7-14H2/b19-15-. The van der Waals surface area contributed by atoms with Crippen molar-refractivity contribution >= 4 is 23.1 Å². The van der Waals surface area contributed by atoms with Crippen LogP contribution in [0.2, 0.25) is 0 Å². The lowest BCUT2D eigenvalue weighted by Crippen LogP contribution is -2.38. The molecule has 8 heteroatoms. The van der Waals surface area contributed by atoms with Crippen LogP contribution in [0.3, 0.4) is 0 Å². The van der Waals surface area contributed by atoms with Crippen LogP contribution in [-0.4, -0.2) is 84.1 Å². The smallest absolute Gasteiger partial charge is 0.145 e. The predicted octanol–water partition coefficient (Wildman–Crippen LogP) is 2.50. The molecule has 0 saturated carbocycles. The number of aliphatic hydroxyl groups is 1. The Hall–Kier alpha value is -3.23. The molecule has 0 amide bonds. The van der Waals surface area contributed by atoms with E-state index in [4.69, 9.17) is 14.5 Å². The normalized spacial score (nSPS) is 18.8. The summed E-state index contributed by atoms with van der Waals surface area (Å²) in [4.78, 5) is 18.0. The lowest BCUT2D eigenvalue weighted by atomic mass is 10.1. The quantitative estimate of drug-likeness (QED) is 0.725. The van der Waals surface area contributed by atoms with Crippen molar-refractivity contribution < 1.29 is 14.6 Å². The Morgan fingerprint density at radius 1 is 1.16 bits per heavy atom. The summed E-state index contributed by atoms with van der Waals surface area (Å²) in [5.74, 6) is 2.36. The molecular formula is C23H25N5O3. The number of morpholine rings is 1. The molecule has 3 aliphatic heterocycles. The molecule has 3 aliphatic rings. The van der Waals surface area contributed by atoms with Gasteiger partial charge >= 0.3 is 0 Å². The van der Waals surface area contributed by atoms with Crippen molar-refractivity contribution in [2.75, 3.05) is 52.5 Å². The van der Waals surface area contributed by atoms with Crippen LogP contribution >= 0.6 is 0 Å². The van der Waals surface area contributed by atoms with E-state index in [1.54, 1.807) is 24.5 Å². The molecular weight excluding hydrogens is 394 g/mol. The van der Waals surface area contributed by atoms with E-state index in [2.05, 4.69) is 14.9 Å². The molecule has 0 atom stereocenters. The summed E-state index contributed by atoms with van der Waals surface area (Å²) >= 11 is 0. The van der Waals surface area contributed by atoms with Gasteiger partial charge in [0, 0.05) is 55.8 Å². The number of ether oxygens (including phenoxy) is 2. The van der Waals surface area contributed by atoms with E-state index in [0.29, 0.717) is 24.6 Å². The summed E-state index contributed by atoms with van der Waals surface area (Å²) in [5.41, 5.74) is 2.36. The highest BCUT2D eigenvalue weighted by Gasteiger charge is 2.30. The van der Waals surface area contributed by atoms with E-state index in [9.17, 15) is 5.11 Å². The lowest BCUT2D eigenvalue weighted by molar-refractivity contribution is 0.0323. The number of aliphatic imine (C=N–C) groups is 2. The minimum atomic E-state index is 0.118. The molecule has 1 aromatic heterocycles. The SMILES string of the molecule is O/C(=C\C1=Nc2c(OCCN3CCOCC3)cccc2C2=NCCN12)c1cccnc1. The van der Waals surface area contributed by atoms with Crippen LogP contribution in [0.4, 0.5) is 5.69 Å². The molecule has 0 aliphatic carbocycles. The summed E-state index contributed by atoms with van der Waals surface area (Å²) in [6, 6.07) is 9.54. The van der Waals surface area contributed by atoms with Crippen molar-refractivity contribution in [3.05, 3.63) is 59.9 Å². The second kappa shape index (κ2) is 8.87. The molecule has 31 heavy (non-hydrogen) atoms. The number of para-hydroxylation sites is 1. The molecule has 5 rings (SSSR count). The number of nitrogens with zero attached hydrogens (tertiary/aromatic N) is 5. The zero-order valence-corrected chi connectivity index (χ0v) is 17.3. The van der Waals surface area contributed by atoms with E-state index in [1.807, 2.05) is 29.2 Å². The fourth-order valence-corrected chi connectivity index (χ4v) is 3.95. The van der Waals surface area contributed by atoms with Gasteiger partial charge in [0.15, 0.2) is 0 Å². The maximum Gasteiger partial charge on any atom is 0.145 e. The van der Waals surface area contributed by atoms with Crippen molar-refractivity contribution in [3.63, 3.8) is 0 Å². The first-order chi connectivity index (χ1) is 15.3. The van der Waals surface area contributed by atoms with Gasteiger partial charge in [-0.2, -0.15) is 0 Å².